The molecule has 0 saturated carbocycles. The third-order valence-corrected chi connectivity index (χ3v) is 3.68. The van der Waals surface area contributed by atoms with Crippen molar-refractivity contribution in [2.45, 2.75) is 71.8 Å². The van der Waals surface area contributed by atoms with E-state index in [1.54, 1.807) is 0 Å². The van der Waals surface area contributed by atoms with Gasteiger partial charge in [-0.3, -0.25) is 0 Å². The van der Waals surface area contributed by atoms with Crippen molar-refractivity contribution < 1.29 is 0 Å². The molecule has 1 atom stereocenters. The molecule has 0 aliphatic heterocycles. The largest absolute Gasteiger partial charge is 0.301 e. The minimum atomic E-state index is 0.761. The third kappa shape index (κ3) is 8.46. The minimum Gasteiger partial charge on any atom is -0.301 e. The molecule has 0 saturated heterocycles. The number of nitrogens with zero attached hydrogens (tertiary/aromatic N) is 1. The Kier molecular flexibility index (Phi) is 12.0. The molecule has 0 amide bonds. The second-order valence-corrected chi connectivity index (χ2v) is 5.23. The molecule has 1 unspecified atom stereocenters. The van der Waals surface area contributed by atoms with Crippen LogP contribution in [0.3, 0.4) is 0 Å². The topological polar surface area (TPSA) is 3.24 Å². The molecule has 98 valence electrons. The Morgan fingerprint density at radius 1 is 0.938 bits per heavy atom. The average molecular weight is 245 g/mol. The monoisotopic (exact) mass is 245 g/mol. The molecule has 16 heavy (non-hydrogen) atoms. The van der Waals surface area contributed by atoms with Gasteiger partial charge in [-0.2, -0.15) is 12.6 Å². The number of hydrogen-bond acceptors (Lipinski definition) is 2. The molecule has 1 nitrogen and oxygen atoms in total. The quantitative estimate of drug-likeness (QED) is 0.418. The van der Waals surface area contributed by atoms with Gasteiger partial charge in [0, 0.05) is 6.04 Å². The molecule has 0 aliphatic rings. The Morgan fingerprint density at radius 2 is 1.56 bits per heavy atom. The van der Waals surface area contributed by atoms with Crippen LogP contribution < -0.4 is 0 Å². The average Bonchev–Trinajstić information content (AvgIpc) is 2.31. The Morgan fingerprint density at radius 3 is 2.12 bits per heavy atom. The second-order valence-electron chi connectivity index (χ2n) is 4.78. The molecule has 0 radical (unpaired) electrons. The standard InChI is InChI=1S/C14H31NS/c1-4-6-11-15(14(3)5-2)12-9-7-8-10-13-16/h14,16H,4-13H2,1-3H3. The van der Waals surface area contributed by atoms with Crippen molar-refractivity contribution in [2.75, 3.05) is 18.8 Å². The van der Waals surface area contributed by atoms with Crippen molar-refractivity contribution in [3.05, 3.63) is 0 Å². The summed E-state index contributed by atoms with van der Waals surface area (Å²) in [5.74, 6) is 1.05. The van der Waals surface area contributed by atoms with Crippen molar-refractivity contribution >= 4 is 12.6 Å². The van der Waals surface area contributed by atoms with Gasteiger partial charge < -0.3 is 4.90 Å². The maximum atomic E-state index is 4.25. The van der Waals surface area contributed by atoms with E-state index < -0.39 is 0 Å². The van der Waals surface area contributed by atoms with Gasteiger partial charge in [0.1, 0.15) is 0 Å². The molecule has 0 spiro atoms. The molecule has 0 aromatic heterocycles. The molecule has 0 aliphatic carbocycles. The van der Waals surface area contributed by atoms with E-state index in [2.05, 4.69) is 38.3 Å². The van der Waals surface area contributed by atoms with Crippen molar-refractivity contribution in [1.29, 1.82) is 0 Å². The van der Waals surface area contributed by atoms with E-state index in [-0.39, 0.29) is 0 Å². The van der Waals surface area contributed by atoms with Crippen LogP contribution in [0, 0.1) is 0 Å². The first kappa shape index (κ1) is 16.3. The van der Waals surface area contributed by atoms with E-state index in [0.717, 1.165) is 11.8 Å². The molecule has 0 fully saturated rings. The molecule has 0 rings (SSSR count). The number of rotatable bonds is 11. The lowest BCUT2D eigenvalue weighted by atomic mass is 10.1. The third-order valence-electron chi connectivity index (χ3n) is 3.37. The molecule has 0 aromatic carbocycles. The predicted molar refractivity (Wildman–Crippen MR) is 78.6 cm³/mol. The summed E-state index contributed by atoms with van der Waals surface area (Å²) in [6.45, 7) is 9.52. The summed E-state index contributed by atoms with van der Waals surface area (Å²) < 4.78 is 0. The number of hydrogen-bond donors (Lipinski definition) is 1. The first-order valence-corrected chi connectivity index (χ1v) is 7.74. The van der Waals surface area contributed by atoms with Gasteiger partial charge in [0.2, 0.25) is 0 Å². The van der Waals surface area contributed by atoms with Gasteiger partial charge in [-0.05, 0) is 51.4 Å². The summed E-state index contributed by atoms with van der Waals surface area (Å²) in [5.41, 5.74) is 0. The first-order valence-electron chi connectivity index (χ1n) is 7.11. The predicted octanol–water partition coefficient (Wildman–Crippen LogP) is 4.38. The minimum absolute atomic E-state index is 0.761. The normalized spacial score (nSPS) is 13.3. The summed E-state index contributed by atoms with van der Waals surface area (Å²) in [4.78, 5) is 2.67. The molecule has 0 bridgehead atoms. The SMILES string of the molecule is CCCCN(CCCCCCS)C(C)CC. The van der Waals surface area contributed by atoms with Crippen LogP contribution in [0.2, 0.25) is 0 Å². The second kappa shape index (κ2) is 11.8. The molecular weight excluding hydrogens is 214 g/mol. The highest BCUT2D eigenvalue weighted by atomic mass is 32.1. The lowest BCUT2D eigenvalue weighted by molar-refractivity contribution is 0.196. The van der Waals surface area contributed by atoms with E-state index in [1.165, 1.54) is 58.0 Å². The van der Waals surface area contributed by atoms with Crippen LogP contribution in [0.15, 0.2) is 0 Å². The zero-order valence-corrected chi connectivity index (χ0v) is 12.4. The van der Waals surface area contributed by atoms with Gasteiger partial charge in [0.15, 0.2) is 0 Å². The van der Waals surface area contributed by atoms with E-state index in [9.17, 15) is 0 Å². The Hall–Kier alpha value is 0.310. The highest BCUT2D eigenvalue weighted by Gasteiger charge is 2.10. The van der Waals surface area contributed by atoms with Crippen molar-refractivity contribution in [1.82, 2.24) is 4.90 Å². The smallest absolute Gasteiger partial charge is 0.00643 e. The van der Waals surface area contributed by atoms with Gasteiger partial charge in [0.05, 0.1) is 0 Å². The van der Waals surface area contributed by atoms with Crippen LogP contribution in [-0.2, 0) is 0 Å². The fourth-order valence-electron chi connectivity index (χ4n) is 1.95. The van der Waals surface area contributed by atoms with Crippen LogP contribution in [0.5, 0.6) is 0 Å². The zero-order valence-electron chi connectivity index (χ0n) is 11.5. The fraction of sp³-hybridized carbons (Fsp3) is 1.00. The van der Waals surface area contributed by atoms with E-state index in [4.69, 9.17) is 0 Å². The highest BCUT2D eigenvalue weighted by Crippen LogP contribution is 2.09. The fourth-order valence-corrected chi connectivity index (χ4v) is 2.18. The molecule has 2 heteroatoms. The van der Waals surface area contributed by atoms with E-state index in [1.807, 2.05) is 0 Å². The van der Waals surface area contributed by atoms with Gasteiger partial charge >= 0.3 is 0 Å². The van der Waals surface area contributed by atoms with Crippen LogP contribution >= 0.6 is 12.6 Å². The zero-order chi connectivity index (χ0) is 12.2. The Bertz CT molecular complexity index is 139. The highest BCUT2D eigenvalue weighted by molar-refractivity contribution is 7.80. The summed E-state index contributed by atoms with van der Waals surface area (Å²) in [5, 5.41) is 0. The Balaban J connectivity index is 3.65. The maximum absolute atomic E-state index is 4.25. The number of thiol groups is 1. The summed E-state index contributed by atoms with van der Waals surface area (Å²) in [6.07, 6.45) is 9.31. The maximum Gasteiger partial charge on any atom is 0.00643 e. The van der Waals surface area contributed by atoms with Gasteiger partial charge in [-0.25, -0.2) is 0 Å². The van der Waals surface area contributed by atoms with Crippen LogP contribution in [-0.4, -0.2) is 29.8 Å². The summed E-state index contributed by atoms with van der Waals surface area (Å²) >= 11 is 4.25. The van der Waals surface area contributed by atoms with Crippen LogP contribution in [0.4, 0.5) is 0 Å². The number of unbranched alkanes of at least 4 members (excludes halogenated alkanes) is 4. The van der Waals surface area contributed by atoms with Crippen molar-refractivity contribution in [2.24, 2.45) is 0 Å². The van der Waals surface area contributed by atoms with Gasteiger partial charge in [0.25, 0.3) is 0 Å². The van der Waals surface area contributed by atoms with Crippen LogP contribution in [0.25, 0.3) is 0 Å². The lowest BCUT2D eigenvalue weighted by Crippen LogP contribution is -2.34. The van der Waals surface area contributed by atoms with E-state index >= 15 is 0 Å². The van der Waals surface area contributed by atoms with E-state index in [0.29, 0.717) is 0 Å². The molecule has 0 heterocycles. The first-order chi connectivity index (χ1) is 7.76. The molecule has 0 aromatic rings. The Labute approximate surface area is 108 Å². The van der Waals surface area contributed by atoms with Crippen molar-refractivity contribution in [3.63, 3.8) is 0 Å². The summed E-state index contributed by atoms with van der Waals surface area (Å²) in [6, 6.07) is 0.761. The van der Waals surface area contributed by atoms with Crippen molar-refractivity contribution in [3.8, 4) is 0 Å². The molecule has 0 N–H and O–H groups in total. The molecular formula is C14H31NS. The lowest BCUT2D eigenvalue weighted by Gasteiger charge is -2.28. The summed E-state index contributed by atoms with van der Waals surface area (Å²) in [7, 11) is 0. The van der Waals surface area contributed by atoms with Gasteiger partial charge in [-0.1, -0.05) is 33.1 Å². The van der Waals surface area contributed by atoms with Gasteiger partial charge in [-0.15, -0.1) is 0 Å². The van der Waals surface area contributed by atoms with Crippen LogP contribution in [0.1, 0.15) is 65.7 Å².